The van der Waals surface area contributed by atoms with Crippen molar-refractivity contribution in [3.63, 3.8) is 0 Å². The van der Waals surface area contributed by atoms with E-state index in [2.05, 4.69) is 5.32 Å². The normalized spacial score (nSPS) is 18.6. The molecular weight excluding hydrogens is 280 g/mol. The van der Waals surface area contributed by atoms with Crippen LogP contribution in [0.5, 0.6) is 0 Å². The van der Waals surface area contributed by atoms with Crippen LogP contribution in [-0.2, 0) is 9.59 Å². The number of rotatable bonds is 4. The molecule has 1 aliphatic rings. The Labute approximate surface area is 120 Å². The van der Waals surface area contributed by atoms with Gasteiger partial charge in [0.2, 0.25) is 5.91 Å². The summed E-state index contributed by atoms with van der Waals surface area (Å²) >= 11 is 1.31. The first-order valence-corrected chi connectivity index (χ1v) is 7.28. The van der Waals surface area contributed by atoms with Crippen molar-refractivity contribution in [1.29, 1.82) is 0 Å². The molecule has 0 saturated carbocycles. The van der Waals surface area contributed by atoms with Crippen LogP contribution >= 0.6 is 11.3 Å². The number of likely N-dealkylation sites (tertiary alicyclic amines) is 1. The number of carboxylic acid groups (broad SMARTS) is 1. The molecule has 1 aromatic rings. The number of carbonyl (C=O) groups excluding carboxylic acids is 2. The van der Waals surface area contributed by atoms with Crippen LogP contribution in [-0.4, -0.2) is 47.4 Å². The van der Waals surface area contributed by atoms with Crippen molar-refractivity contribution >= 4 is 29.1 Å². The van der Waals surface area contributed by atoms with Crippen LogP contribution in [0.15, 0.2) is 17.5 Å². The van der Waals surface area contributed by atoms with Gasteiger partial charge in [-0.15, -0.1) is 11.3 Å². The van der Waals surface area contributed by atoms with Gasteiger partial charge in [-0.2, -0.15) is 0 Å². The van der Waals surface area contributed by atoms with Gasteiger partial charge in [-0.1, -0.05) is 6.07 Å². The maximum absolute atomic E-state index is 12.0. The van der Waals surface area contributed by atoms with Gasteiger partial charge in [-0.25, -0.2) is 0 Å². The van der Waals surface area contributed by atoms with E-state index in [-0.39, 0.29) is 24.9 Å². The molecule has 0 aromatic carbocycles. The van der Waals surface area contributed by atoms with Crippen molar-refractivity contribution in [2.45, 2.75) is 12.8 Å². The van der Waals surface area contributed by atoms with E-state index in [4.69, 9.17) is 5.11 Å². The Bertz CT molecular complexity index is 500. The smallest absolute Gasteiger partial charge is 0.308 e. The minimum Gasteiger partial charge on any atom is -0.481 e. The number of piperidine rings is 1. The Kier molecular flexibility index (Phi) is 4.73. The number of carboxylic acids is 1. The van der Waals surface area contributed by atoms with Crippen molar-refractivity contribution in [3.05, 3.63) is 22.4 Å². The maximum Gasteiger partial charge on any atom is 0.308 e. The predicted molar refractivity (Wildman–Crippen MR) is 73.6 cm³/mol. The van der Waals surface area contributed by atoms with Crippen molar-refractivity contribution in [1.82, 2.24) is 10.2 Å². The van der Waals surface area contributed by atoms with Crippen LogP contribution < -0.4 is 5.32 Å². The molecule has 1 atom stereocenters. The molecule has 1 aromatic heterocycles. The van der Waals surface area contributed by atoms with Crippen molar-refractivity contribution in [3.8, 4) is 0 Å². The Hall–Kier alpha value is -1.89. The number of amides is 2. The Morgan fingerprint density at radius 3 is 2.90 bits per heavy atom. The van der Waals surface area contributed by atoms with Gasteiger partial charge in [-0.05, 0) is 24.3 Å². The van der Waals surface area contributed by atoms with E-state index < -0.39 is 11.9 Å². The summed E-state index contributed by atoms with van der Waals surface area (Å²) in [5.41, 5.74) is 0. The van der Waals surface area contributed by atoms with Gasteiger partial charge >= 0.3 is 5.97 Å². The quantitative estimate of drug-likeness (QED) is 0.860. The second-order valence-electron chi connectivity index (χ2n) is 4.68. The van der Waals surface area contributed by atoms with Gasteiger partial charge in [0, 0.05) is 13.1 Å². The predicted octanol–water partition coefficient (Wildman–Crippen LogP) is 0.801. The highest BCUT2D eigenvalue weighted by atomic mass is 32.1. The zero-order chi connectivity index (χ0) is 14.5. The van der Waals surface area contributed by atoms with Crippen LogP contribution in [0, 0.1) is 5.92 Å². The lowest BCUT2D eigenvalue weighted by Gasteiger charge is -2.30. The molecule has 0 unspecified atom stereocenters. The minimum atomic E-state index is -0.870. The number of aliphatic carboxylic acids is 1. The molecule has 1 saturated heterocycles. The molecule has 2 N–H and O–H groups in total. The highest BCUT2D eigenvalue weighted by Gasteiger charge is 2.28. The summed E-state index contributed by atoms with van der Waals surface area (Å²) in [5, 5.41) is 13.3. The third kappa shape index (κ3) is 3.57. The van der Waals surface area contributed by atoms with Gasteiger partial charge in [0.15, 0.2) is 0 Å². The van der Waals surface area contributed by atoms with Crippen molar-refractivity contribution in [2.75, 3.05) is 19.6 Å². The lowest BCUT2D eigenvalue weighted by molar-refractivity contribution is -0.145. The summed E-state index contributed by atoms with van der Waals surface area (Å²) in [5.74, 6) is -1.88. The molecule has 20 heavy (non-hydrogen) atoms. The Morgan fingerprint density at radius 1 is 1.45 bits per heavy atom. The van der Waals surface area contributed by atoms with E-state index >= 15 is 0 Å². The molecule has 0 spiro atoms. The molecule has 6 nitrogen and oxygen atoms in total. The van der Waals surface area contributed by atoms with E-state index in [0.717, 1.165) is 0 Å². The zero-order valence-electron chi connectivity index (χ0n) is 10.9. The first kappa shape index (κ1) is 14.5. The number of hydrogen-bond donors (Lipinski definition) is 2. The highest BCUT2D eigenvalue weighted by Crippen LogP contribution is 2.16. The van der Waals surface area contributed by atoms with Gasteiger partial charge in [0.25, 0.3) is 5.91 Å². The minimum absolute atomic E-state index is 0.0942. The molecule has 2 heterocycles. The summed E-state index contributed by atoms with van der Waals surface area (Å²) < 4.78 is 0. The molecule has 2 rings (SSSR count). The number of nitrogens with one attached hydrogen (secondary N) is 1. The average molecular weight is 296 g/mol. The monoisotopic (exact) mass is 296 g/mol. The first-order valence-electron chi connectivity index (χ1n) is 6.40. The highest BCUT2D eigenvalue weighted by molar-refractivity contribution is 7.12. The lowest BCUT2D eigenvalue weighted by Crippen LogP contribution is -2.46. The topological polar surface area (TPSA) is 86.7 Å². The molecule has 108 valence electrons. The van der Waals surface area contributed by atoms with Crippen LogP contribution in [0.4, 0.5) is 0 Å². The summed E-state index contributed by atoms with van der Waals surface area (Å²) in [6.45, 7) is 0.684. The van der Waals surface area contributed by atoms with Crippen molar-refractivity contribution < 1.29 is 19.5 Å². The van der Waals surface area contributed by atoms with Gasteiger partial charge < -0.3 is 15.3 Å². The third-order valence-electron chi connectivity index (χ3n) is 3.27. The van der Waals surface area contributed by atoms with E-state index in [1.807, 2.05) is 0 Å². The van der Waals surface area contributed by atoms with E-state index in [1.165, 1.54) is 16.2 Å². The fourth-order valence-electron chi connectivity index (χ4n) is 2.17. The molecule has 7 heteroatoms. The molecule has 0 bridgehead atoms. The van der Waals surface area contributed by atoms with E-state index in [0.29, 0.717) is 24.3 Å². The fourth-order valence-corrected chi connectivity index (χ4v) is 2.81. The summed E-state index contributed by atoms with van der Waals surface area (Å²) in [6.07, 6.45) is 1.28. The second kappa shape index (κ2) is 6.51. The SMILES string of the molecule is O=C(NCC(=O)N1CCC[C@@H](C(=O)O)C1)c1cccs1. The molecule has 2 amide bonds. The first-order chi connectivity index (χ1) is 9.58. The number of thiophene rings is 1. The summed E-state index contributed by atoms with van der Waals surface area (Å²) in [7, 11) is 0. The lowest BCUT2D eigenvalue weighted by atomic mass is 9.98. The van der Waals surface area contributed by atoms with Crippen LogP contribution in [0.1, 0.15) is 22.5 Å². The summed E-state index contributed by atoms with van der Waals surface area (Å²) in [6, 6.07) is 3.45. The zero-order valence-corrected chi connectivity index (χ0v) is 11.7. The number of carbonyl (C=O) groups is 3. The van der Waals surface area contributed by atoms with Crippen LogP contribution in [0.3, 0.4) is 0 Å². The fraction of sp³-hybridized carbons (Fsp3) is 0.462. The Morgan fingerprint density at radius 2 is 2.25 bits per heavy atom. The maximum atomic E-state index is 12.0. The second-order valence-corrected chi connectivity index (χ2v) is 5.62. The third-order valence-corrected chi connectivity index (χ3v) is 4.14. The van der Waals surface area contributed by atoms with E-state index in [1.54, 1.807) is 17.5 Å². The van der Waals surface area contributed by atoms with Crippen LogP contribution in [0.2, 0.25) is 0 Å². The summed E-state index contributed by atoms with van der Waals surface area (Å²) in [4.78, 5) is 36.7. The number of hydrogen-bond acceptors (Lipinski definition) is 4. The standard InChI is InChI=1S/C13H16N2O4S/c16-11(7-14-12(17)10-4-2-6-20-10)15-5-1-3-9(8-15)13(18)19/h2,4,6,9H,1,3,5,7-8H2,(H,14,17)(H,18,19)/t9-/m1/s1. The van der Waals surface area contributed by atoms with Crippen molar-refractivity contribution in [2.24, 2.45) is 5.92 Å². The van der Waals surface area contributed by atoms with E-state index in [9.17, 15) is 14.4 Å². The molecular formula is C13H16N2O4S. The van der Waals surface area contributed by atoms with Gasteiger partial charge in [0.05, 0.1) is 17.3 Å². The molecule has 0 aliphatic carbocycles. The average Bonchev–Trinajstić information content (AvgIpc) is 2.98. The molecule has 1 aliphatic heterocycles. The largest absolute Gasteiger partial charge is 0.481 e. The van der Waals surface area contributed by atoms with Gasteiger partial charge in [-0.3, -0.25) is 14.4 Å². The van der Waals surface area contributed by atoms with Gasteiger partial charge in [0.1, 0.15) is 0 Å². The Balaban J connectivity index is 1.82. The van der Waals surface area contributed by atoms with Crippen LogP contribution in [0.25, 0.3) is 0 Å². The molecule has 1 fully saturated rings. The molecule has 0 radical (unpaired) electrons. The number of nitrogens with zero attached hydrogens (tertiary/aromatic N) is 1.